The Morgan fingerprint density at radius 3 is 2.42 bits per heavy atom. The number of amides is 2. The number of hydrogen-bond acceptors (Lipinski definition) is 4. The molecule has 1 aliphatic rings. The first-order valence-electron chi connectivity index (χ1n) is 10.3. The molecule has 0 radical (unpaired) electrons. The molecule has 0 aliphatic carbocycles. The molecule has 1 aromatic heterocycles. The summed E-state index contributed by atoms with van der Waals surface area (Å²) >= 11 is 0. The lowest BCUT2D eigenvalue weighted by Gasteiger charge is -2.21. The van der Waals surface area contributed by atoms with E-state index in [1.807, 2.05) is 38.1 Å². The first-order valence-corrected chi connectivity index (χ1v) is 10.3. The summed E-state index contributed by atoms with van der Waals surface area (Å²) < 4.78 is 0. The van der Waals surface area contributed by atoms with Gasteiger partial charge < -0.3 is 16.0 Å². The summed E-state index contributed by atoms with van der Waals surface area (Å²) in [4.78, 5) is 30.0. The molecule has 0 spiro atoms. The van der Waals surface area contributed by atoms with Crippen LogP contribution in [0.15, 0.2) is 42.6 Å². The quantitative estimate of drug-likeness (QED) is 0.681. The van der Waals surface area contributed by atoms with E-state index in [0.717, 1.165) is 51.1 Å². The van der Waals surface area contributed by atoms with Gasteiger partial charge in [-0.1, -0.05) is 12.1 Å². The molecule has 1 aliphatic heterocycles. The Hall–Kier alpha value is -3.67. The van der Waals surface area contributed by atoms with Gasteiger partial charge in [-0.25, -0.2) is 4.98 Å². The Kier molecular flexibility index (Phi) is 5.23. The number of carbonyl (C=O) groups is 2. The number of hydrogen-bond donors (Lipinski definition) is 2. The Labute approximate surface area is 182 Å². The third-order valence-electron chi connectivity index (χ3n) is 5.89. The molecule has 0 saturated carbocycles. The molecular formula is C25H26N4O2. The molecular weight excluding hydrogens is 388 g/mol. The second kappa shape index (κ2) is 7.87. The van der Waals surface area contributed by atoms with E-state index in [0.29, 0.717) is 17.9 Å². The molecule has 0 saturated heterocycles. The van der Waals surface area contributed by atoms with Crippen LogP contribution in [0.4, 0.5) is 11.5 Å². The molecule has 0 fully saturated rings. The first kappa shape index (κ1) is 20.6. The fourth-order valence-corrected chi connectivity index (χ4v) is 4.27. The molecule has 0 bridgehead atoms. The van der Waals surface area contributed by atoms with Crippen LogP contribution < -0.4 is 16.0 Å². The Bertz CT molecular complexity index is 1190. The largest absolute Gasteiger partial charge is 0.383 e. The number of benzene rings is 2. The van der Waals surface area contributed by atoms with E-state index in [1.165, 1.54) is 0 Å². The maximum atomic E-state index is 12.0. The van der Waals surface area contributed by atoms with Crippen LogP contribution in [0.25, 0.3) is 22.3 Å². The number of nitrogens with one attached hydrogen (secondary N) is 1. The van der Waals surface area contributed by atoms with Crippen molar-refractivity contribution in [3.8, 4) is 22.3 Å². The van der Waals surface area contributed by atoms with Gasteiger partial charge in [0.2, 0.25) is 5.91 Å². The molecule has 0 unspecified atom stereocenters. The van der Waals surface area contributed by atoms with Gasteiger partial charge in [0.15, 0.2) is 0 Å². The van der Waals surface area contributed by atoms with Crippen molar-refractivity contribution in [2.45, 2.75) is 27.2 Å². The van der Waals surface area contributed by atoms with E-state index in [1.54, 1.807) is 25.1 Å². The minimum Gasteiger partial charge on any atom is -0.383 e. The van der Waals surface area contributed by atoms with Crippen LogP contribution in [0.5, 0.6) is 0 Å². The number of anilines is 2. The van der Waals surface area contributed by atoms with Gasteiger partial charge in [-0.05, 0) is 72.4 Å². The average molecular weight is 415 g/mol. The van der Waals surface area contributed by atoms with Crippen molar-refractivity contribution in [3.05, 3.63) is 64.8 Å². The van der Waals surface area contributed by atoms with Crippen molar-refractivity contribution >= 4 is 23.3 Å². The lowest BCUT2D eigenvalue weighted by atomic mass is 9.93. The van der Waals surface area contributed by atoms with Crippen molar-refractivity contribution in [2.75, 3.05) is 24.2 Å². The highest BCUT2D eigenvalue weighted by atomic mass is 16.2. The van der Waals surface area contributed by atoms with Gasteiger partial charge in [0.25, 0.3) is 5.91 Å². The standard InChI is InChI=1S/C25H26N4O2/c1-14-9-19(10-15(2)23(14)29(4)16(3)30)20-12-22(24(26)28-13-20)17-5-6-21-18(11-17)7-8-27-25(21)31/h5-6,9-13H,7-8H2,1-4H3,(H2,26,28)(H,27,31). The zero-order valence-corrected chi connectivity index (χ0v) is 18.2. The van der Waals surface area contributed by atoms with Gasteiger partial charge in [0.1, 0.15) is 5.82 Å². The fraction of sp³-hybridized carbons (Fsp3) is 0.240. The van der Waals surface area contributed by atoms with E-state index in [2.05, 4.69) is 22.4 Å². The van der Waals surface area contributed by atoms with Crippen molar-refractivity contribution in [3.63, 3.8) is 0 Å². The van der Waals surface area contributed by atoms with Gasteiger partial charge in [-0.15, -0.1) is 0 Å². The van der Waals surface area contributed by atoms with E-state index in [9.17, 15) is 9.59 Å². The third kappa shape index (κ3) is 3.77. The van der Waals surface area contributed by atoms with Crippen LogP contribution in [0.1, 0.15) is 34.0 Å². The number of aryl methyl sites for hydroxylation is 2. The van der Waals surface area contributed by atoms with Crippen LogP contribution in [0, 0.1) is 13.8 Å². The average Bonchev–Trinajstić information content (AvgIpc) is 2.73. The summed E-state index contributed by atoms with van der Waals surface area (Å²) in [6.07, 6.45) is 2.57. The predicted octanol–water partition coefficient (Wildman–Crippen LogP) is 3.88. The molecule has 6 heteroatoms. The van der Waals surface area contributed by atoms with Crippen LogP contribution in [-0.4, -0.2) is 30.4 Å². The van der Waals surface area contributed by atoms with Crippen molar-refractivity contribution in [2.24, 2.45) is 0 Å². The summed E-state index contributed by atoms with van der Waals surface area (Å²) in [7, 11) is 1.79. The van der Waals surface area contributed by atoms with E-state index >= 15 is 0 Å². The topological polar surface area (TPSA) is 88.3 Å². The number of pyridine rings is 1. The molecule has 158 valence electrons. The summed E-state index contributed by atoms with van der Waals surface area (Å²) in [5, 5.41) is 2.87. The van der Waals surface area contributed by atoms with E-state index in [-0.39, 0.29) is 11.8 Å². The number of fused-ring (bicyclic) bond motifs is 1. The maximum Gasteiger partial charge on any atom is 0.251 e. The van der Waals surface area contributed by atoms with Crippen molar-refractivity contribution < 1.29 is 9.59 Å². The number of nitrogens with two attached hydrogens (primary N) is 1. The lowest BCUT2D eigenvalue weighted by molar-refractivity contribution is -0.116. The number of rotatable bonds is 3. The second-order valence-corrected chi connectivity index (χ2v) is 8.07. The van der Waals surface area contributed by atoms with Gasteiger partial charge in [0, 0.05) is 49.1 Å². The van der Waals surface area contributed by atoms with Crippen molar-refractivity contribution in [1.82, 2.24) is 10.3 Å². The van der Waals surface area contributed by atoms with E-state index in [4.69, 9.17) is 5.73 Å². The number of nitrogen functional groups attached to an aromatic ring is 1. The van der Waals surface area contributed by atoms with Crippen molar-refractivity contribution in [1.29, 1.82) is 0 Å². The molecule has 2 aromatic carbocycles. The van der Waals surface area contributed by atoms with Gasteiger partial charge in [-0.2, -0.15) is 0 Å². The maximum absolute atomic E-state index is 12.0. The van der Waals surface area contributed by atoms with Gasteiger partial charge >= 0.3 is 0 Å². The van der Waals surface area contributed by atoms with E-state index < -0.39 is 0 Å². The zero-order valence-electron chi connectivity index (χ0n) is 18.2. The molecule has 2 heterocycles. The molecule has 6 nitrogen and oxygen atoms in total. The highest BCUT2D eigenvalue weighted by Gasteiger charge is 2.18. The molecule has 3 N–H and O–H groups in total. The monoisotopic (exact) mass is 414 g/mol. The number of nitrogens with zero attached hydrogens (tertiary/aromatic N) is 2. The summed E-state index contributed by atoms with van der Waals surface area (Å²) in [6.45, 7) is 6.21. The van der Waals surface area contributed by atoms with Gasteiger partial charge in [0.05, 0.1) is 0 Å². The molecule has 3 aromatic rings. The summed E-state index contributed by atoms with van der Waals surface area (Å²) in [5.74, 6) is 0.413. The first-order chi connectivity index (χ1) is 14.8. The lowest BCUT2D eigenvalue weighted by Crippen LogP contribution is -2.31. The second-order valence-electron chi connectivity index (χ2n) is 8.07. The number of aromatic nitrogens is 1. The molecule has 31 heavy (non-hydrogen) atoms. The minimum atomic E-state index is -0.0331. The third-order valence-corrected chi connectivity index (χ3v) is 5.89. The summed E-state index contributed by atoms with van der Waals surface area (Å²) in [6, 6.07) is 12.0. The van der Waals surface area contributed by atoms with Crippen LogP contribution in [0.3, 0.4) is 0 Å². The smallest absolute Gasteiger partial charge is 0.251 e. The fourth-order valence-electron chi connectivity index (χ4n) is 4.27. The highest BCUT2D eigenvalue weighted by molar-refractivity contribution is 5.97. The predicted molar refractivity (Wildman–Crippen MR) is 124 cm³/mol. The minimum absolute atomic E-state index is 0.00326. The molecule has 0 atom stereocenters. The van der Waals surface area contributed by atoms with Crippen LogP contribution in [0.2, 0.25) is 0 Å². The molecule has 2 amide bonds. The molecule has 4 rings (SSSR count). The zero-order chi connectivity index (χ0) is 22.3. The Morgan fingerprint density at radius 1 is 1.03 bits per heavy atom. The van der Waals surface area contributed by atoms with Gasteiger partial charge in [-0.3, -0.25) is 9.59 Å². The van der Waals surface area contributed by atoms with Crippen LogP contribution in [-0.2, 0) is 11.2 Å². The Morgan fingerprint density at radius 2 is 1.74 bits per heavy atom. The van der Waals surface area contributed by atoms with Crippen LogP contribution >= 0.6 is 0 Å². The normalized spacial score (nSPS) is 12.8. The SMILES string of the molecule is CC(=O)N(C)c1c(C)cc(-c2cnc(N)c(-c3ccc4c(c3)CCNC4=O)c2)cc1C. The highest BCUT2D eigenvalue weighted by Crippen LogP contribution is 2.34. The summed E-state index contributed by atoms with van der Waals surface area (Å²) in [5.41, 5.74) is 14.7. The number of carbonyl (C=O) groups excluding carboxylic acids is 2. The Balaban J connectivity index is 1.77.